The molecule has 0 aliphatic rings. The maximum Gasteiger partial charge on any atom is 0.407 e. The van der Waals surface area contributed by atoms with Crippen LogP contribution in [-0.2, 0) is 11.2 Å². The highest BCUT2D eigenvalue weighted by Gasteiger charge is 2.20. The molecule has 0 saturated carbocycles. The van der Waals surface area contributed by atoms with Gasteiger partial charge in [0.25, 0.3) is 0 Å². The van der Waals surface area contributed by atoms with E-state index >= 15 is 0 Å². The average molecular weight is 268 g/mol. The van der Waals surface area contributed by atoms with Crippen LogP contribution >= 0.6 is 0 Å². The number of carbonyl (C=O) groups is 1. The van der Waals surface area contributed by atoms with Gasteiger partial charge in [0, 0.05) is 13.0 Å². The van der Waals surface area contributed by atoms with Crippen LogP contribution in [0.25, 0.3) is 0 Å². The minimum Gasteiger partial charge on any atom is -0.466 e. The third-order valence-electron chi connectivity index (χ3n) is 2.41. The molecule has 0 fully saturated rings. The lowest BCUT2D eigenvalue weighted by molar-refractivity contribution is 0.0503. The minimum absolute atomic E-state index is 0.0644. The van der Waals surface area contributed by atoms with Gasteiger partial charge in [0.05, 0.1) is 6.04 Å². The summed E-state index contributed by atoms with van der Waals surface area (Å²) in [6.07, 6.45) is 0.226. The highest BCUT2D eigenvalue weighted by Crippen LogP contribution is 2.10. The highest BCUT2D eigenvalue weighted by atomic mass is 16.6. The van der Waals surface area contributed by atoms with Crippen molar-refractivity contribution >= 4 is 6.09 Å². The fraction of sp³-hybridized carbons (Fsp3) is 0.643. The van der Waals surface area contributed by atoms with E-state index in [1.54, 1.807) is 0 Å². The molecule has 1 aromatic rings. The van der Waals surface area contributed by atoms with E-state index < -0.39 is 11.7 Å². The quantitative estimate of drug-likeness (QED) is 0.859. The fourth-order valence-electron chi connectivity index (χ4n) is 1.73. The second-order valence-electron chi connectivity index (χ2n) is 5.62. The number of aryl methyl sites for hydroxylation is 1. The molecule has 2 N–H and O–H groups in total. The largest absolute Gasteiger partial charge is 0.466 e. The first-order valence-electron chi connectivity index (χ1n) is 6.49. The first kappa shape index (κ1) is 15.6. The van der Waals surface area contributed by atoms with E-state index in [4.69, 9.17) is 9.15 Å². The maximum atomic E-state index is 11.7. The van der Waals surface area contributed by atoms with Crippen LogP contribution in [0.5, 0.6) is 0 Å². The number of hydrogen-bond acceptors (Lipinski definition) is 4. The van der Waals surface area contributed by atoms with Gasteiger partial charge in [-0.05, 0) is 46.9 Å². The van der Waals surface area contributed by atoms with Crippen LogP contribution in [0.1, 0.15) is 32.3 Å². The van der Waals surface area contributed by atoms with E-state index in [-0.39, 0.29) is 6.04 Å². The number of hydrogen-bond donors (Lipinski definition) is 2. The summed E-state index contributed by atoms with van der Waals surface area (Å²) in [6.45, 7) is 8.08. The Hall–Kier alpha value is -1.49. The van der Waals surface area contributed by atoms with Crippen LogP contribution < -0.4 is 10.6 Å². The zero-order valence-corrected chi connectivity index (χ0v) is 12.4. The number of amides is 1. The Morgan fingerprint density at radius 2 is 2.11 bits per heavy atom. The van der Waals surface area contributed by atoms with Crippen molar-refractivity contribution in [2.75, 3.05) is 13.6 Å². The van der Waals surface area contributed by atoms with E-state index in [1.807, 2.05) is 46.9 Å². The van der Waals surface area contributed by atoms with Gasteiger partial charge in [-0.25, -0.2) is 4.79 Å². The molecule has 1 aromatic heterocycles. The number of nitrogens with one attached hydrogen (secondary N) is 2. The number of likely N-dealkylation sites (N-methyl/N-ethyl adjacent to an activating group) is 1. The highest BCUT2D eigenvalue weighted by molar-refractivity contribution is 5.68. The van der Waals surface area contributed by atoms with Crippen molar-refractivity contribution in [3.8, 4) is 0 Å². The van der Waals surface area contributed by atoms with Crippen LogP contribution in [0.15, 0.2) is 16.5 Å². The molecule has 0 aliphatic carbocycles. The third kappa shape index (κ3) is 6.29. The monoisotopic (exact) mass is 268 g/mol. The first-order valence-corrected chi connectivity index (χ1v) is 6.49. The Labute approximate surface area is 114 Å². The number of rotatable bonds is 5. The molecule has 108 valence electrons. The van der Waals surface area contributed by atoms with Gasteiger partial charge in [-0.3, -0.25) is 0 Å². The lowest BCUT2D eigenvalue weighted by Crippen LogP contribution is -2.44. The van der Waals surface area contributed by atoms with Gasteiger partial charge < -0.3 is 19.8 Å². The van der Waals surface area contributed by atoms with Crippen LogP contribution in [0, 0.1) is 6.92 Å². The molecule has 1 heterocycles. The first-order chi connectivity index (χ1) is 8.80. The zero-order valence-electron chi connectivity index (χ0n) is 12.4. The molecule has 1 amide bonds. The molecular formula is C14H24N2O3. The van der Waals surface area contributed by atoms with Crippen molar-refractivity contribution in [1.29, 1.82) is 0 Å². The second-order valence-corrected chi connectivity index (χ2v) is 5.62. The minimum atomic E-state index is -0.491. The molecule has 5 heteroatoms. The Morgan fingerprint density at radius 1 is 1.42 bits per heavy atom. The van der Waals surface area contributed by atoms with Crippen LogP contribution in [0.4, 0.5) is 4.79 Å². The van der Waals surface area contributed by atoms with Gasteiger partial charge in [-0.1, -0.05) is 0 Å². The predicted octanol–water partition coefficient (Wildman–Crippen LogP) is 2.24. The molecule has 1 unspecified atom stereocenters. The molecule has 0 bridgehead atoms. The average Bonchev–Trinajstić information content (AvgIpc) is 2.61. The lowest BCUT2D eigenvalue weighted by Gasteiger charge is -2.23. The molecule has 0 saturated heterocycles. The van der Waals surface area contributed by atoms with Gasteiger partial charge in [-0.2, -0.15) is 0 Å². The zero-order chi connectivity index (χ0) is 14.5. The molecular weight excluding hydrogens is 244 g/mol. The summed E-state index contributed by atoms with van der Waals surface area (Å²) >= 11 is 0. The van der Waals surface area contributed by atoms with E-state index in [0.717, 1.165) is 11.5 Å². The van der Waals surface area contributed by atoms with E-state index in [9.17, 15) is 4.79 Å². The topological polar surface area (TPSA) is 63.5 Å². The van der Waals surface area contributed by atoms with E-state index in [2.05, 4.69) is 10.6 Å². The summed E-state index contributed by atoms with van der Waals surface area (Å²) in [6, 6.07) is 3.78. The molecule has 1 atom stereocenters. The van der Waals surface area contributed by atoms with E-state index in [0.29, 0.717) is 13.0 Å². The van der Waals surface area contributed by atoms with Crippen molar-refractivity contribution in [3.63, 3.8) is 0 Å². The van der Waals surface area contributed by atoms with Crippen molar-refractivity contribution < 1.29 is 13.9 Å². The van der Waals surface area contributed by atoms with Gasteiger partial charge in [0.15, 0.2) is 0 Å². The Kier molecular flexibility index (Phi) is 5.42. The molecule has 0 aliphatic heterocycles. The molecule has 0 radical (unpaired) electrons. The summed E-state index contributed by atoms with van der Waals surface area (Å²) in [5, 5.41) is 5.90. The smallest absolute Gasteiger partial charge is 0.407 e. The standard InChI is InChI=1S/C14H24N2O3/c1-10-6-7-12(18-10)8-11(9-15-5)16-13(17)19-14(2,3)4/h6-7,11,15H,8-9H2,1-5H3,(H,16,17). The van der Waals surface area contributed by atoms with Crippen molar-refractivity contribution in [2.45, 2.75) is 45.8 Å². The molecule has 0 spiro atoms. The number of furan rings is 1. The molecule has 0 aromatic carbocycles. The van der Waals surface area contributed by atoms with Crippen molar-refractivity contribution in [1.82, 2.24) is 10.6 Å². The Morgan fingerprint density at radius 3 is 2.58 bits per heavy atom. The second kappa shape index (κ2) is 6.61. The van der Waals surface area contributed by atoms with Gasteiger partial charge in [0.2, 0.25) is 0 Å². The predicted molar refractivity (Wildman–Crippen MR) is 74.2 cm³/mol. The molecule has 19 heavy (non-hydrogen) atoms. The van der Waals surface area contributed by atoms with E-state index in [1.165, 1.54) is 0 Å². The Balaban J connectivity index is 2.55. The van der Waals surface area contributed by atoms with Crippen molar-refractivity contribution in [2.24, 2.45) is 0 Å². The summed E-state index contributed by atoms with van der Waals surface area (Å²) in [5.41, 5.74) is -0.491. The van der Waals surface area contributed by atoms with Crippen LogP contribution in [-0.4, -0.2) is 31.3 Å². The summed E-state index contributed by atoms with van der Waals surface area (Å²) in [4.78, 5) is 11.7. The maximum absolute atomic E-state index is 11.7. The normalized spacial score (nSPS) is 13.1. The summed E-state index contributed by atoms with van der Waals surface area (Å²) in [5.74, 6) is 1.73. The SMILES string of the molecule is CNCC(Cc1ccc(C)o1)NC(=O)OC(C)(C)C. The molecule has 1 rings (SSSR count). The summed E-state index contributed by atoms with van der Waals surface area (Å²) < 4.78 is 10.8. The fourth-order valence-corrected chi connectivity index (χ4v) is 1.73. The number of ether oxygens (including phenoxy) is 1. The Bertz CT molecular complexity index is 407. The van der Waals surface area contributed by atoms with Gasteiger partial charge >= 0.3 is 6.09 Å². The number of alkyl carbamates (subject to hydrolysis) is 1. The van der Waals surface area contributed by atoms with Crippen LogP contribution in [0.2, 0.25) is 0 Å². The van der Waals surface area contributed by atoms with Crippen molar-refractivity contribution in [3.05, 3.63) is 23.7 Å². The van der Waals surface area contributed by atoms with Gasteiger partial charge in [-0.15, -0.1) is 0 Å². The summed E-state index contributed by atoms with van der Waals surface area (Å²) in [7, 11) is 1.84. The van der Waals surface area contributed by atoms with Gasteiger partial charge in [0.1, 0.15) is 17.1 Å². The number of carbonyl (C=O) groups excluding carboxylic acids is 1. The van der Waals surface area contributed by atoms with Crippen LogP contribution in [0.3, 0.4) is 0 Å². The molecule has 5 nitrogen and oxygen atoms in total. The third-order valence-corrected chi connectivity index (χ3v) is 2.41. The lowest BCUT2D eigenvalue weighted by atomic mass is 10.1.